The van der Waals surface area contributed by atoms with Crippen molar-refractivity contribution in [3.8, 4) is 11.1 Å². The molecule has 0 radical (unpaired) electrons. The van der Waals surface area contributed by atoms with Gasteiger partial charge in [0.2, 0.25) is 0 Å². The Kier molecular flexibility index (Phi) is 4.67. The average molecular weight is 394 g/mol. The van der Waals surface area contributed by atoms with Gasteiger partial charge in [0.05, 0.1) is 10.6 Å². The molecule has 6 heteroatoms. The van der Waals surface area contributed by atoms with Crippen LogP contribution in [0.4, 0.5) is 10.1 Å². The Bertz CT molecular complexity index is 1270. The summed E-state index contributed by atoms with van der Waals surface area (Å²) in [6.45, 7) is 0. The van der Waals surface area contributed by atoms with Gasteiger partial charge in [0.1, 0.15) is 11.4 Å². The highest BCUT2D eigenvalue weighted by Gasteiger charge is 2.12. The molecule has 1 heterocycles. The second kappa shape index (κ2) is 7.29. The normalized spacial score (nSPS) is 10.8. The fraction of sp³-hybridized carbons (Fsp3) is 0. The molecule has 0 aliphatic rings. The third-order valence-electron chi connectivity index (χ3n) is 4.25. The molecule has 4 rings (SSSR count). The van der Waals surface area contributed by atoms with E-state index in [9.17, 15) is 14.0 Å². The molecule has 138 valence electrons. The van der Waals surface area contributed by atoms with Gasteiger partial charge in [-0.25, -0.2) is 9.18 Å². The number of carbonyl (C=O) groups is 1. The highest BCUT2D eigenvalue weighted by molar-refractivity contribution is 6.31. The van der Waals surface area contributed by atoms with E-state index in [1.165, 1.54) is 18.2 Å². The molecule has 28 heavy (non-hydrogen) atoms. The highest BCUT2D eigenvalue weighted by atomic mass is 35.5. The number of hydrogen-bond donors (Lipinski definition) is 1. The van der Waals surface area contributed by atoms with Crippen molar-refractivity contribution in [3.05, 3.63) is 99.6 Å². The van der Waals surface area contributed by atoms with Crippen molar-refractivity contribution in [2.45, 2.75) is 0 Å². The number of para-hydroxylation sites is 1. The Morgan fingerprint density at radius 3 is 2.61 bits per heavy atom. The molecule has 1 aromatic heterocycles. The number of fused-ring (bicyclic) bond motifs is 1. The van der Waals surface area contributed by atoms with Crippen molar-refractivity contribution in [2.75, 3.05) is 5.32 Å². The minimum Gasteiger partial charge on any atom is -0.422 e. The van der Waals surface area contributed by atoms with Gasteiger partial charge in [-0.3, -0.25) is 4.79 Å². The van der Waals surface area contributed by atoms with Crippen LogP contribution in [0, 0.1) is 5.82 Å². The van der Waals surface area contributed by atoms with E-state index in [0.717, 1.165) is 5.39 Å². The lowest BCUT2D eigenvalue weighted by Gasteiger charge is -2.08. The molecule has 4 aromatic rings. The summed E-state index contributed by atoms with van der Waals surface area (Å²) >= 11 is 5.74. The van der Waals surface area contributed by atoms with E-state index in [-0.39, 0.29) is 5.02 Å². The van der Waals surface area contributed by atoms with Crippen molar-refractivity contribution in [3.63, 3.8) is 0 Å². The molecule has 0 spiro atoms. The SMILES string of the molecule is O=C(Nc1ccc(F)c(Cl)c1)c1cccc(-c2cc3ccccc3oc2=O)c1. The molecule has 0 bridgehead atoms. The minimum absolute atomic E-state index is 0.0830. The maximum Gasteiger partial charge on any atom is 0.344 e. The molecule has 0 atom stereocenters. The maximum absolute atomic E-state index is 13.3. The number of hydrogen-bond acceptors (Lipinski definition) is 3. The largest absolute Gasteiger partial charge is 0.422 e. The first kappa shape index (κ1) is 17.9. The minimum atomic E-state index is -0.565. The zero-order chi connectivity index (χ0) is 19.7. The van der Waals surface area contributed by atoms with Gasteiger partial charge in [-0.05, 0) is 48.0 Å². The van der Waals surface area contributed by atoms with E-state index >= 15 is 0 Å². The Morgan fingerprint density at radius 1 is 0.964 bits per heavy atom. The fourth-order valence-corrected chi connectivity index (χ4v) is 3.05. The molecule has 1 N–H and O–H groups in total. The summed E-state index contributed by atoms with van der Waals surface area (Å²) in [5.41, 5.74) is 1.64. The molecule has 0 saturated heterocycles. The van der Waals surface area contributed by atoms with E-state index in [2.05, 4.69) is 5.32 Å². The Hall–Kier alpha value is -3.44. The van der Waals surface area contributed by atoms with Crippen LogP contribution in [-0.2, 0) is 0 Å². The first-order valence-corrected chi connectivity index (χ1v) is 8.79. The molecule has 0 saturated carbocycles. The molecule has 0 aliphatic heterocycles. The number of halogens is 2. The average Bonchev–Trinajstić information content (AvgIpc) is 2.70. The summed E-state index contributed by atoms with van der Waals surface area (Å²) in [5, 5.41) is 3.36. The van der Waals surface area contributed by atoms with Crippen LogP contribution in [0.15, 0.2) is 82.0 Å². The van der Waals surface area contributed by atoms with Crippen molar-refractivity contribution in [1.29, 1.82) is 0 Å². The first-order chi connectivity index (χ1) is 13.5. The van der Waals surface area contributed by atoms with Gasteiger partial charge in [0.25, 0.3) is 5.91 Å². The summed E-state index contributed by atoms with van der Waals surface area (Å²) in [6, 6.07) is 19.5. The summed E-state index contributed by atoms with van der Waals surface area (Å²) in [7, 11) is 0. The lowest BCUT2D eigenvalue weighted by atomic mass is 10.0. The van der Waals surface area contributed by atoms with E-state index in [1.54, 1.807) is 42.5 Å². The molecule has 4 nitrogen and oxygen atoms in total. The zero-order valence-electron chi connectivity index (χ0n) is 14.4. The fourth-order valence-electron chi connectivity index (χ4n) is 2.87. The zero-order valence-corrected chi connectivity index (χ0v) is 15.2. The third kappa shape index (κ3) is 3.52. The van der Waals surface area contributed by atoms with Crippen LogP contribution >= 0.6 is 11.6 Å². The maximum atomic E-state index is 13.3. The van der Waals surface area contributed by atoms with Crippen LogP contribution in [0.3, 0.4) is 0 Å². The summed E-state index contributed by atoms with van der Waals surface area (Å²) in [6.07, 6.45) is 0. The topological polar surface area (TPSA) is 59.3 Å². The van der Waals surface area contributed by atoms with Crippen LogP contribution in [0.2, 0.25) is 5.02 Å². The quantitative estimate of drug-likeness (QED) is 0.467. The van der Waals surface area contributed by atoms with Crippen LogP contribution in [0.5, 0.6) is 0 Å². The van der Waals surface area contributed by atoms with Crippen molar-refractivity contribution in [2.24, 2.45) is 0 Å². The summed E-state index contributed by atoms with van der Waals surface area (Å²) in [5.74, 6) is -0.973. The number of nitrogens with one attached hydrogen (secondary N) is 1. The highest BCUT2D eigenvalue weighted by Crippen LogP contribution is 2.23. The lowest BCUT2D eigenvalue weighted by molar-refractivity contribution is 0.102. The number of anilines is 1. The smallest absolute Gasteiger partial charge is 0.344 e. The molecular weight excluding hydrogens is 381 g/mol. The van der Waals surface area contributed by atoms with Gasteiger partial charge in [-0.15, -0.1) is 0 Å². The van der Waals surface area contributed by atoms with Gasteiger partial charge in [0.15, 0.2) is 0 Å². The van der Waals surface area contributed by atoms with E-state index in [0.29, 0.717) is 28.0 Å². The Balaban J connectivity index is 1.68. The van der Waals surface area contributed by atoms with E-state index in [4.69, 9.17) is 16.0 Å². The van der Waals surface area contributed by atoms with E-state index < -0.39 is 17.3 Å². The number of amides is 1. The van der Waals surface area contributed by atoms with Crippen molar-refractivity contribution in [1.82, 2.24) is 0 Å². The monoisotopic (exact) mass is 393 g/mol. The molecule has 3 aromatic carbocycles. The van der Waals surface area contributed by atoms with E-state index in [1.807, 2.05) is 12.1 Å². The van der Waals surface area contributed by atoms with Crippen molar-refractivity contribution >= 4 is 34.2 Å². The van der Waals surface area contributed by atoms with Gasteiger partial charge in [-0.1, -0.05) is 41.9 Å². The van der Waals surface area contributed by atoms with Gasteiger partial charge < -0.3 is 9.73 Å². The molecule has 0 aliphatic carbocycles. The van der Waals surface area contributed by atoms with Gasteiger partial charge in [-0.2, -0.15) is 0 Å². The third-order valence-corrected chi connectivity index (χ3v) is 4.54. The second-order valence-electron chi connectivity index (χ2n) is 6.15. The first-order valence-electron chi connectivity index (χ1n) is 8.41. The van der Waals surface area contributed by atoms with Gasteiger partial charge in [0, 0.05) is 16.6 Å². The second-order valence-corrected chi connectivity index (χ2v) is 6.56. The summed E-state index contributed by atoms with van der Waals surface area (Å²) in [4.78, 5) is 24.9. The molecule has 0 fully saturated rings. The molecular formula is C22H13ClFNO3. The van der Waals surface area contributed by atoms with Crippen LogP contribution in [0.25, 0.3) is 22.1 Å². The predicted molar refractivity (Wildman–Crippen MR) is 107 cm³/mol. The number of carbonyl (C=O) groups excluding carboxylic acids is 1. The Labute approximate surface area is 164 Å². The van der Waals surface area contributed by atoms with Crippen LogP contribution in [-0.4, -0.2) is 5.91 Å². The van der Waals surface area contributed by atoms with Crippen molar-refractivity contribution < 1.29 is 13.6 Å². The standard InChI is InChI=1S/C22H13ClFNO3/c23-18-12-16(8-9-19(18)24)25-21(26)15-6-3-5-13(10-15)17-11-14-4-1-2-7-20(14)28-22(17)27/h1-12H,(H,25,26). The molecule has 0 unspecified atom stereocenters. The Morgan fingerprint density at radius 2 is 1.79 bits per heavy atom. The summed E-state index contributed by atoms with van der Waals surface area (Å²) < 4.78 is 18.6. The number of rotatable bonds is 3. The number of benzene rings is 3. The predicted octanol–water partition coefficient (Wildman–Crippen LogP) is 5.50. The molecule has 1 amide bonds. The van der Waals surface area contributed by atoms with Crippen LogP contribution < -0.4 is 10.9 Å². The van der Waals surface area contributed by atoms with Crippen LogP contribution in [0.1, 0.15) is 10.4 Å². The lowest BCUT2D eigenvalue weighted by Crippen LogP contribution is -2.12. The van der Waals surface area contributed by atoms with Gasteiger partial charge >= 0.3 is 5.63 Å².